The lowest BCUT2D eigenvalue weighted by atomic mass is 10.3. The zero-order valence-corrected chi connectivity index (χ0v) is 5.83. The summed E-state index contributed by atoms with van der Waals surface area (Å²) in [7, 11) is 4.07. The molecule has 0 bridgehead atoms. The van der Waals surface area contributed by atoms with Crippen LogP contribution in [-0.2, 0) is 0 Å². The van der Waals surface area contributed by atoms with E-state index in [9.17, 15) is 0 Å². The Morgan fingerprint density at radius 3 is 1.80 bits per heavy atom. The van der Waals surface area contributed by atoms with Crippen molar-refractivity contribution in [1.82, 2.24) is 0 Å². The summed E-state index contributed by atoms with van der Waals surface area (Å²) in [4.78, 5) is 2.08. The topological polar surface area (TPSA) is 3.24 Å². The lowest BCUT2D eigenvalue weighted by Gasteiger charge is -2.10. The highest BCUT2D eigenvalue weighted by Gasteiger charge is 1.87. The monoisotopic (exact) mass is 135 g/mol. The predicted octanol–water partition coefficient (Wildman–Crippen LogP) is 0.569. The third-order valence-electron chi connectivity index (χ3n) is 1.27. The standard InChI is InChI=1S/C8H11N.BH3/c1-9(2)8-6-4-3-5-7-8;/h3-7H,1-2H3;1H3. The van der Waals surface area contributed by atoms with Crippen molar-refractivity contribution < 1.29 is 0 Å². The molecule has 0 spiro atoms. The molecule has 0 heterocycles. The molecule has 1 rings (SSSR count). The van der Waals surface area contributed by atoms with Gasteiger partial charge >= 0.3 is 0 Å². The molecule has 0 saturated heterocycles. The molecule has 0 saturated carbocycles. The van der Waals surface area contributed by atoms with Gasteiger partial charge in [0.1, 0.15) is 0 Å². The number of anilines is 1. The van der Waals surface area contributed by atoms with Crippen LogP contribution in [0.25, 0.3) is 0 Å². The SMILES string of the molecule is B.CN(C)c1ccccc1. The van der Waals surface area contributed by atoms with E-state index in [4.69, 9.17) is 0 Å². The van der Waals surface area contributed by atoms with Crippen LogP contribution in [0.2, 0.25) is 0 Å². The Hall–Kier alpha value is -0.915. The molecule has 0 fully saturated rings. The van der Waals surface area contributed by atoms with E-state index < -0.39 is 0 Å². The first-order chi connectivity index (χ1) is 4.30. The molecule has 0 aromatic heterocycles. The van der Waals surface area contributed by atoms with Crippen molar-refractivity contribution in [3.63, 3.8) is 0 Å². The second-order valence-corrected chi connectivity index (χ2v) is 2.23. The van der Waals surface area contributed by atoms with Crippen molar-refractivity contribution >= 4 is 14.1 Å². The van der Waals surface area contributed by atoms with E-state index >= 15 is 0 Å². The van der Waals surface area contributed by atoms with E-state index in [-0.39, 0.29) is 8.41 Å². The molecule has 0 N–H and O–H groups in total. The summed E-state index contributed by atoms with van der Waals surface area (Å²) >= 11 is 0. The Kier molecular flexibility index (Phi) is 3.63. The largest absolute Gasteiger partial charge is 0.378 e. The number of para-hydroxylation sites is 1. The second kappa shape index (κ2) is 3.99. The van der Waals surface area contributed by atoms with Gasteiger partial charge in [-0.15, -0.1) is 0 Å². The van der Waals surface area contributed by atoms with Crippen LogP contribution >= 0.6 is 0 Å². The van der Waals surface area contributed by atoms with Gasteiger partial charge in [0.05, 0.1) is 8.41 Å². The Morgan fingerprint density at radius 2 is 1.50 bits per heavy atom. The highest BCUT2D eigenvalue weighted by Crippen LogP contribution is 2.07. The average Bonchev–Trinajstić information content (AvgIpc) is 1.90. The maximum atomic E-state index is 2.08. The molecule has 2 heteroatoms. The minimum absolute atomic E-state index is 0. The third kappa shape index (κ3) is 2.13. The summed E-state index contributed by atoms with van der Waals surface area (Å²) in [6.07, 6.45) is 0. The van der Waals surface area contributed by atoms with Gasteiger partial charge in [-0.25, -0.2) is 0 Å². The third-order valence-corrected chi connectivity index (χ3v) is 1.27. The number of hydrogen-bond donors (Lipinski definition) is 0. The molecule has 0 aliphatic rings. The van der Waals surface area contributed by atoms with E-state index in [1.807, 2.05) is 32.3 Å². The highest BCUT2D eigenvalue weighted by molar-refractivity contribution is 5.75. The maximum Gasteiger partial charge on any atom is 0.0814 e. The fourth-order valence-corrected chi connectivity index (χ4v) is 0.726. The van der Waals surface area contributed by atoms with Crippen molar-refractivity contribution in [3.8, 4) is 0 Å². The van der Waals surface area contributed by atoms with Gasteiger partial charge in [-0.2, -0.15) is 0 Å². The van der Waals surface area contributed by atoms with E-state index in [0.717, 1.165) is 0 Å². The van der Waals surface area contributed by atoms with Gasteiger partial charge in [-0.05, 0) is 12.1 Å². The molecule has 1 aromatic rings. The Labute approximate surface area is 64.2 Å². The summed E-state index contributed by atoms with van der Waals surface area (Å²) in [6.45, 7) is 0. The van der Waals surface area contributed by atoms with E-state index in [0.29, 0.717) is 0 Å². The molecule has 0 unspecified atom stereocenters. The Balaban J connectivity index is 0.000000810. The lowest BCUT2D eigenvalue weighted by Crippen LogP contribution is -2.07. The molecule has 0 amide bonds. The first kappa shape index (κ1) is 9.08. The molecule has 10 heavy (non-hydrogen) atoms. The minimum Gasteiger partial charge on any atom is -0.378 e. The molecule has 1 nitrogen and oxygen atoms in total. The first-order valence-electron chi connectivity index (χ1n) is 3.03. The zero-order valence-electron chi connectivity index (χ0n) is 5.83. The molecule has 0 atom stereocenters. The smallest absolute Gasteiger partial charge is 0.0814 e. The van der Waals surface area contributed by atoms with E-state index in [1.54, 1.807) is 0 Å². The van der Waals surface area contributed by atoms with Gasteiger partial charge in [-0.3, -0.25) is 0 Å². The van der Waals surface area contributed by atoms with Gasteiger partial charge < -0.3 is 4.90 Å². The number of rotatable bonds is 1. The van der Waals surface area contributed by atoms with Crippen LogP contribution in [0, 0.1) is 0 Å². The predicted molar refractivity (Wildman–Crippen MR) is 50.7 cm³/mol. The van der Waals surface area contributed by atoms with Crippen molar-refractivity contribution in [2.24, 2.45) is 0 Å². The van der Waals surface area contributed by atoms with Crippen LogP contribution < -0.4 is 4.90 Å². The molecule has 0 aliphatic heterocycles. The summed E-state index contributed by atoms with van der Waals surface area (Å²) in [5, 5.41) is 0. The van der Waals surface area contributed by atoms with Gasteiger partial charge in [0.15, 0.2) is 0 Å². The fourth-order valence-electron chi connectivity index (χ4n) is 0.726. The Morgan fingerprint density at radius 1 is 1.00 bits per heavy atom. The normalized spacial score (nSPS) is 8.20. The molecular formula is C8H14BN. The zero-order chi connectivity index (χ0) is 6.69. The summed E-state index contributed by atoms with van der Waals surface area (Å²) in [5.41, 5.74) is 1.25. The molecular weight excluding hydrogens is 121 g/mol. The van der Waals surface area contributed by atoms with Crippen LogP contribution in [0.1, 0.15) is 0 Å². The van der Waals surface area contributed by atoms with Crippen molar-refractivity contribution in [1.29, 1.82) is 0 Å². The first-order valence-corrected chi connectivity index (χ1v) is 3.03. The van der Waals surface area contributed by atoms with Crippen LogP contribution in [0.15, 0.2) is 30.3 Å². The quantitative estimate of drug-likeness (QED) is 0.509. The fraction of sp³-hybridized carbons (Fsp3) is 0.250. The van der Waals surface area contributed by atoms with Crippen LogP contribution in [0.3, 0.4) is 0 Å². The van der Waals surface area contributed by atoms with Crippen LogP contribution in [-0.4, -0.2) is 22.5 Å². The van der Waals surface area contributed by atoms with Crippen LogP contribution in [0.4, 0.5) is 5.69 Å². The van der Waals surface area contributed by atoms with Gasteiger partial charge in [0, 0.05) is 19.8 Å². The van der Waals surface area contributed by atoms with Crippen molar-refractivity contribution in [2.75, 3.05) is 19.0 Å². The Bertz CT molecular complexity index is 172. The number of hydrogen-bond acceptors (Lipinski definition) is 1. The number of nitrogens with zero attached hydrogens (tertiary/aromatic N) is 1. The van der Waals surface area contributed by atoms with Gasteiger partial charge in [0.2, 0.25) is 0 Å². The second-order valence-electron chi connectivity index (χ2n) is 2.23. The van der Waals surface area contributed by atoms with Gasteiger partial charge in [-0.1, -0.05) is 18.2 Å². The highest BCUT2D eigenvalue weighted by atomic mass is 15.1. The number of benzene rings is 1. The van der Waals surface area contributed by atoms with Gasteiger partial charge in [0.25, 0.3) is 0 Å². The van der Waals surface area contributed by atoms with E-state index in [2.05, 4.69) is 17.0 Å². The van der Waals surface area contributed by atoms with E-state index in [1.165, 1.54) is 5.69 Å². The molecule has 54 valence electrons. The summed E-state index contributed by atoms with van der Waals surface area (Å²) in [5.74, 6) is 0. The van der Waals surface area contributed by atoms with Crippen molar-refractivity contribution in [2.45, 2.75) is 0 Å². The minimum atomic E-state index is 0. The molecule has 0 aliphatic carbocycles. The molecule has 1 aromatic carbocycles. The lowest BCUT2D eigenvalue weighted by molar-refractivity contribution is 1.13. The van der Waals surface area contributed by atoms with Crippen LogP contribution in [0.5, 0.6) is 0 Å². The average molecular weight is 135 g/mol. The summed E-state index contributed by atoms with van der Waals surface area (Å²) in [6, 6.07) is 10.3. The van der Waals surface area contributed by atoms with Crippen molar-refractivity contribution in [3.05, 3.63) is 30.3 Å². The maximum absolute atomic E-state index is 2.08. The summed E-state index contributed by atoms with van der Waals surface area (Å²) < 4.78 is 0. The molecule has 0 radical (unpaired) electrons.